The minimum absolute atomic E-state index is 0.395. The Labute approximate surface area is 94.8 Å². The SMILES string of the molecule is CC1CCN(C)C(c2ccc(Cl)nc2)=N1. The van der Waals surface area contributed by atoms with Crippen molar-refractivity contribution in [3.8, 4) is 0 Å². The fourth-order valence-corrected chi connectivity index (χ4v) is 1.77. The molecule has 0 saturated heterocycles. The second-order valence-electron chi connectivity index (χ2n) is 3.88. The Bertz CT molecular complexity index is 372. The smallest absolute Gasteiger partial charge is 0.132 e. The molecule has 1 unspecified atom stereocenters. The summed E-state index contributed by atoms with van der Waals surface area (Å²) < 4.78 is 0. The summed E-state index contributed by atoms with van der Waals surface area (Å²) in [7, 11) is 2.05. The van der Waals surface area contributed by atoms with Crippen LogP contribution in [-0.2, 0) is 0 Å². The van der Waals surface area contributed by atoms with Crippen LogP contribution in [0, 0.1) is 0 Å². The average molecular weight is 224 g/mol. The summed E-state index contributed by atoms with van der Waals surface area (Å²) in [5.41, 5.74) is 1.04. The van der Waals surface area contributed by atoms with Gasteiger partial charge in [-0.05, 0) is 25.5 Å². The normalized spacial score (nSPS) is 21.4. The molecule has 0 saturated carbocycles. The van der Waals surface area contributed by atoms with Crippen molar-refractivity contribution in [2.24, 2.45) is 4.99 Å². The molecular formula is C11H14ClN3. The summed E-state index contributed by atoms with van der Waals surface area (Å²) in [6.07, 6.45) is 2.89. The Morgan fingerprint density at radius 1 is 1.47 bits per heavy atom. The zero-order valence-corrected chi connectivity index (χ0v) is 9.70. The molecule has 0 N–H and O–H groups in total. The first kappa shape index (κ1) is 10.4. The van der Waals surface area contributed by atoms with Gasteiger partial charge in [0.1, 0.15) is 11.0 Å². The van der Waals surface area contributed by atoms with Gasteiger partial charge in [-0.1, -0.05) is 11.6 Å². The number of hydrogen-bond donors (Lipinski definition) is 0. The van der Waals surface area contributed by atoms with Crippen LogP contribution in [0.2, 0.25) is 5.15 Å². The first-order valence-electron chi connectivity index (χ1n) is 5.07. The maximum Gasteiger partial charge on any atom is 0.132 e. The molecule has 4 heteroatoms. The van der Waals surface area contributed by atoms with Crippen molar-refractivity contribution in [3.05, 3.63) is 29.0 Å². The number of amidine groups is 1. The molecule has 0 fully saturated rings. The van der Waals surface area contributed by atoms with Crippen LogP contribution < -0.4 is 0 Å². The minimum atomic E-state index is 0.395. The van der Waals surface area contributed by atoms with Gasteiger partial charge < -0.3 is 4.90 Å². The zero-order valence-electron chi connectivity index (χ0n) is 8.94. The van der Waals surface area contributed by atoms with Crippen LogP contribution in [0.25, 0.3) is 0 Å². The number of pyridine rings is 1. The lowest BCUT2D eigenvalue weighted by atomic mass is 10.1. The number of nitrogens with zero attached hydrogens (tertiary/aromatic N) is 3. The fourth-order valence-electron chi connectivity index (χ4n) is 1.66. The summed E-state index contributed by atoms with van der Waals surface area (Å²) in [5.74, 6) is 1.01. The standard InChI is InChI=1S/C11H14ClN3/c1-8-5-6-15(2)11(14-8)9-3-4-10(12)13-7-9/h3-4,7-8H,5-6H2,1-2H3. The molecule has 2 rings (SSSR count). The van der Waals surface area contributed by atoms with Gasteiger partial charge in [0.05, 0.1) is 6.04 Å². The molecule has 3 nitrogen and oxygen atoms in total. The molecule has 80 valence electrons. The molecule has 1 aliphatic heterocycles. The number of aliphatic imine (C=N–C) groups is 1. The Kier molecular flexibility index (Phi) is 2.91. The van der Waals surface area contributed by atoms with Gasteiger partial charge >= 0.3 is 0 Å². The number of aromatic nitrogens is 1. The van der Waals surface area contributed by atoms with Gasteiger partial charge in [-0.3, -0.25) is 4.99 Å². The topological polar surface area (TPSA) is 28.5 Å². The van der Waals surface area contributed by atoms with E-state index >= 15 is 0 Å². The van der Waals surface area contributed by atoms with Gasteiger partial charge in [0.15, 0.2) is 0 Å². The van der Waals surface area contributed by atoms with E-state index in [4.69, 9.17) is 11.6 Å². The first-order chi connectivity index (χ1) is 7.16. The summed E-state index contributed by atoms with van der Waals surface area (Å²) in [6.45, 7) is 3.18. The van der Waals surface area contributed by atoms with Gasteiger partial charge in [0, 0.05) is 25.4 Å². The highest BCUT2D eigenvalue weighted by Gasteiger charge is 2.17. The lowest BCUT2D eigenvalue weighted by Crippen LogP contribution is -2.35. The molecular weight excluding hydrogens is 210 g/mol. The van der Waals surface area contributed by atoms with Crippen LogP contribution in [-0.4, -0.2) is 35.4 Å². The molecule has 1 aliphatic rings. The van der Waals surface area contributed by atoms with E-state index < -0.39 is 0 Å². The van der Waals surface area contributed by atoms with Crippen molar-refractivity contribution in [2.45, 2.75) is 19.4 Å². The molecule has 0 amide bonds. The third kappa shape index (κ3) is 2.29. The van der Waals surface area contributed by atoms with Gasteiger partial charge in [-0.25, -0.2) is 4.98 Å². The van der Waals surface area contributed by atoms with E-state index in [1.165, 1.54) is 0 Å². The van der Waals surface area contributed by atoms with E-state index in [0.29, 0.717) is 11.2 Å². The van der Waals surface area contributed by atoms with Gasteiger partial charge in [-0.2, -0.15) is 0 Å². The summed E-state index contributed by atoms with van der Waals surface area (Å²) in [6, 6.07) is 4.15. The first-order valence-corrected chi connectivity index (χ1v) is 5.45. The van der Waals surface area contributed by atoms with Crippen LogP contribution in [0.4, 0.5) is 0 Å². The Morgan fingerprint density at radius 3 is 2.93 bits per heavy atom. The van der Waals surface area contributed by atoms with Gasteiger partial charge in [0.2, 0.25) is 0 Å². The monoisotopic (exact) mass is 223 g/mol. The molecule has 0 aliphatic carbocycles. The number of hydrogen-bond acceptors (Lipinski definition) is 3. The molecule has 1 atom stereocenters. The van der Waals surface area contributed by atoms with Gasteiger partial charge in [0.25, 0.3) is 0 Å². The maximum absolute atomic E-state index is 5.75. The Balaban J connectivity index is 2.32. The third-order valence-corrected chi connectivity index (χ3v) is 2.80. The summed E-state index contributed by atoms with van der Waals surface area (Å²) in [4.78, 5) is 10.9. The Morgan fingerprint density at radius 2 is 2.27 bits per heavy atom. The molecule has 0 bridgehead atoms. The minimum Gasteiger partial charge on any atom is -0.359 e. The van der Waals surface area contributed by atoms with Crippen molar-refractivity contribution >= 4 is 17.4 Å². The molecule has 2 heterocycles. The zero-order chi connectivity index (χ0) is 10.8. The Hall–Kier alpha value is -1.09. The van der Waals surface area contributed by atoms with E-state index in [9.17, 15) is 0 Å². The largest absolute Gasteiger partial charge is 0.359 e. The van der Waals surface area contributed by atoms with Crippen LogP contribution in [0.15, 0.2) is 23.3 Å². The quantitative estimate of drug-likeness (QED) is 0.683. The third-order valence-electron chi connectivity index (χ3n) is 2.57. The second-order valence-corrected chi connectivity index (χ2v) is 4.27. The lowest BCUT2D eigenvalue weighted by Gasteiger charge is -2.28. The highest BCUT2D eigenvalue weighted by atomic mass is 35.5. The average Bonchev–Trinajstić information content (AvgIpc) is 2.23. The van der Waals surface area contributed by atoms with Crippen molar-refractivity contribution in [3.63, 3.8) is 0 Å². The predicted molar refractivity (Wildman–Crippen MR) is 62.5 cm³/mol. The van der Waals surface area contributed by atoms with Crippen molar-refractivity contribution in [2.75, 3.05) is 13.6 Å². The highest BCUT2D eigenvalue weighted by Crippen LogP contribution is 2.14. The molecule has 1 aromatic heterocycles. The van der Waals surface area contributed by atoms with Crippen molar-refractivity contribution in [1.29, 1.82) is 0 Å². The van der Waals surface area contributed by atoms with E-state index in [0.717, 1.165) is 24.4 Å². The van der Waals surface area contributed by atoms with E-state index in [1.807, 2.05) is 6.07 Å². The lowest BCUT2D eigenvalue weighted by molar-refractivity contribution is 0.430. The summed E-state index contributed by atoms with van der Waals surface area (Å²) >= 11 is 5.75. The molecule has 0 radical (unpaired) electrons. The number of rotatable bonds is 1. The van der Waals surface area contributed by atoms with Gasteiger partial charge in [-0.15, -0.1) is 0 Å². The predicted octanol–water partition coefficient (Wildman–Crippen LogP) is 2.21. The van der Waals surface area contributed by atoms with E-state index in [1.54, 1.807) is 12.3 Å². The molecule has 15 heavy (non-hydrogen) atoms. The second kappa shape index (κ2) is 4.19. The molecule has 0 spiro atoms. The number of halogens is 1. The van der Waals surface area contributed by atoms with E-state index in [-0.39, 0.29) is 0 Å². The summed E-state index contributed by atoms with van der Waals surface area (Å²) in [5, 5.41) is 0.519. The van der Waals surface area contributed by atoms with Crippen LogP contribution in [0.3, 0.4) is 0 Å². The van der Waals surface area contributed by atoms with Crippen LogP contribution in [0.5, 0.6) is 0 Å². The van der Waals surface area contributed by atoms with E-state index in [2.05, 4.69) is 28.8 Å². The van der Waals surface area contributed by atoms with Crippen LogP contribution >= 0.6 is 11.6 Å². The van der Waals surface area contributed by atoms with Crippen molar-refractivity contribution < 1.29 is 0 Å². The van der Waals surface area contributed by atoms with Crippen molar-refractivity contribution in [1.82, 2.24) is 9.88 Å². The fraction of sp³-hybridized carbons (Fsp3) is 0.455. The molecule has 0 aromatic carbocycles. The van der Waals surface area contributed by atoms with Crippen LogP contribution in [0.1, 0.15) is 18.9 Å². The maximum atomic E-state index is 5.75. The highest BCUT2D eigenvalue weighted by molar-refractivity contribution is 6.29. The molecule has 1 aromatic rings.